The van der Waals surface area contributed by atoms with E-state index in [4.69, 9.17) is 10.5 Å². The molecule has 4 aliphatic heterocycles. The standard InChI is InChI=1S/C21H28N4O7/c1-19(30,11-26)16(27)21-18(29)23-20(31,17(28)24-21)13(6-8-32-21)10-25-7-2-3-12-9-14(22)4-5-15(12)25/h2-5,9,13,16,26-27,30-31H,6-8,10-11,22H2,1H3,(H,23,29)(H,24,28)/t13?,16-,19-,20+,21-/m0/s1. The molecule has 1 unspecified atom stereocenters. The number of aliphatic hydroxyl groups excluding tert-OH is 2. The third kappa shape index (κ3) is 3.42. The molecule has 1 aromatic carbocycles. The fourth-order valence-electron chi connectivity index (χ4n) is 4.46. The lowest BCUT2D eigenvalue weighted by Gasteiger charge is -2.52. The van der Waals surface area contributed by atoms with Crippen molar-refractivity contribution in [3.8, 4) is 0 Å². The van der Waals surface area contributed by atoms with E-state index in [0.717, 1.165) is 18.2 Å². The fraction of sp³-hybridized carbons (Fsp3) is 0.524. The van der Waals surface area contributed by atoms with E-state index in [1.807, 2.05) is 29.2 Å². The first-order valence-electron chi connectivity index (χ1n) is 10.4. The van der Waals surface area contributed by atoms with Crippen LogP contribution in [0.3, 0.4) is 0 Å². The van der Waals surface area contributed by atoms with Crippen molar-refractivity contribution in [1.29, 1.82) is 0 Å². The lowest BCUT2D eigenvalue weighted by atomic mass is 9.82. The molecule has 4 aliphatic rings. The SMILES string of the molecule is C[C@](O)(CO)[C@H](O)[C@@]12NC(=O)[C@@](O)(NC1=O)C(CN1CC=Cc3cc(N)ccc31)CCO2. The maximum atomic E-state index is 13.0. The molecule has 3 fully saturated rings. The lowest BCUT2D eigenvalue weighted by molar-refractivity contribution is -0.240. The summed E-state index contributed by atoms with van der Waals surface area (Å²) in [5.41, 5.74) is 1.50. The van der Waals surface area contributed by atoms with Gasteiger partial charge in [-0.15, -0.1) is 0 Å². The van der Waals surface area contributed by atoms with Crippen LogP contribution in [-0.4, -0.2) is 81.7 Å². The second-order valence-electron chi connectivity index (χ2n) is 8.79. The highest BCUT2D eigenvalue weighted by Crippen LogP contribution is 2.36. The number of hydrogen-bond acceptors (Lipinski definition) is 9. The minimum absolute atomic E-state index is 0.0997. The Bertz CT molecular complexity index is 967. The summed E-state index contributed by atoms with van der Waals surface area (Å²) in [6.45, 7) is 0.867. The zero-order valence-electron chi connectivity index (χ0n) is 17.6. The van der Waals surface area contributed by atoms with Crippen molar-refractivity contribution in [3.63, 3.8) is 0 Å². The topological polar surface area (TPSA) is 178 Å². The summed E-state index contributed by atoms with van der Waals surface area (Å²) in [4.78, 5) is 27.9. The zero-order valence-corrected chi connectivity index (χ0v) is 17.6. The van der Waals surface area contributed by atoms with Gasteiger partial charge in [-0.3, -0.25) is 9.59 Å². The maximum absolute atomic E-state index is 13.0. The Labute approximate surface area is 184 Å². The number of carbonyl (C=O) groups is 2. The molecule has 2 bridgehead atoms. The van der Waals surface area contributed by atoms with Crippen LogP contribution in [0.4, 0.5) is 11.4 Å². The molecule has 0 aromatic heterocycles. The summed E-state index contributed by atoms with van der Waals surface area (Å²) in [5, 5.41) is 46.1. The molecule has 32 heavy (non-hydrogen) atoms. The molecule has 5 atom stereocenters. The number of piperazine rings is 1. The van der Waals surface area contributed by atoms with E-state index >= 15 is 0 Å². The number of fused-ring (bicyclic) bond motifs is 6. The number of anilines is 2. The van der Waals surface area contributed by atoms with Crippen LogP contribution in [0.15, 0.2) is 24.3 Å². The van der Waals surface area contributed by atoms with Crippen LogP contribution >= 0.6 is 0 Å². The van der Waals surface area contributed by atoms with Gasteiger partial charge in [0.2, 0.25) is 5.72 Å². The summed E-state index contributed by atoms with van der Waals surface area (Å²) in [6.07, 6.45) is 2.05. The highest BCUT2D eigenvalue weighted by Gasteiger charge is 2.64. The molecular formula is C21H28N4O7. The average molecular weight is 448 g/mol. The molecule has 174 valence electrons. The molecule has 11 heteroatoms. The predicted octanol–water partition coefficient (Wildman–Crippen LogP) is -2.13. The third-order valence-corrected chi connectivity index (χ3v) is 6.42. The first-order chi connectivity index (χ1) is 15.0. The van der Waals surface area contributed by atoms with Gasteiger partial charge in [-0.05, 0) is 37.1 Å². The van der Waals surface area contributed by atoms with Crippen molar-refractivity contribution in [2.24, 2.45) is 5.92 Å². The molecule has 8 N–H and O–H groups in total. The number of aliphatic hydroxyl groups is 4. The van der Waals surface area contributed by atoms with Gasteiger partial charge in [0.1, 0.15) is 11.7 Å². The van der Waals surface area contributed by atoms with Crippen LogP contribution < -0.4 is 21.3 Å². The minimum atomic E-state index is -2.35. The summed E-state index contributed by atoms with van der Waals surface area (Å²) in [7, 11) is 0. The summed E-state index contributed by atoms with van der Waals surface area (Å²) >= 11 is 0. The Morgan fingerprint density at radius 3 is 2.81 bits per heavy atom. The van der Waals surface area contributed by atoms with Gasteiger partial charge in [0.15, 0.2) is 0 Å². The largest absolute Gasteiger partial charge is 0.399 e. The normalized spacial score (nSPS) is 32.3. The van der Waals surface area contributed by atoms with E-state index in [-0.39, 0.29) is 19.6 Å². The zero-order chi connectivity index (χ0) is 23.3. The molecule has 4 heterocycles. The number of nitrogens with zero attached hydrogens (tertiary/aromatic N) is 1. The molecular weight excluding hydrogens is 420 g/mol. The number of nitrogens with one attached hydrogen (secondary N) is 2. The molecule has 1 aromatic rings. The number of nitrogens with two attached hydrogens (primary N) is 1. The van der Waals surface area contributed by atoms with E-state index in [1.165, 1.54) is 0 Å². The van der Waals surface area contributed by atoms with Crippen molar-refractivity contribution in [3.05, 3.63) is 29.8 Å². The quantitative estimate of drug-likeness (QED) is 0.248. The van der Waals surface area contributed by atoms with Gasteiger partial charge in [-0.1, -0.05) is 12.2 Å². The highest BCUT2D eigenvalue weighted by atomic mass is 16.5. The number of benzene rings is 1. The van der Waals surface area contributed by atoms with E-state index in [1.54, 1.807) is 6.07 Å². The monoisotopic (exact) mass is 448 g/mol. The van der Waals surface area contributed by atoms with E-state index < -0.39 is 47.5 Å². The molecule has 0 radical (unpaired) electrons. The number of amides is 2. The third-order valence-electron chi connectivity index (χ3n) is 6.42. The maximum Gasteiger partial charge on any atom is 0.278 e. The van der Waals surface area contributed by atoms with Gasteiger partial charge >= 0.3 is 0 Å². The van der Waals surface area contributed by atoms with Crippen molar-refractivity contribution >= 4 is 29.3 Å². The van der Waals surface area contributed by atoms with Crippen LogP contribution in [0.1, 0.15) is 18.9 Å². The Balaban J connectivity index is 1.62. The van der Waals surface area contributed by atoms with E-state index in [0.29, 0.717) is 12.2 Å². The second kappa shape index (κ2) is 7.71. The van der Waals surface area contributed by atoms with Crippen molar-refractivity contribution in [1.82, 2.24) is 10.6 Å². The van der Waals surface area contributed by atoms with Crippen molar-refractivity contribution < 1.29 is 34.8 Å². The Morgan fingerprint density at radius 1 is 1.34 bits per heavy atom. The molecule has 0 aliphatic carbocycles. The Morgan fingerprint density at radius 2 is 2.09 bits per heavy atom. The fourth-order valence-corrected chi connectivity index (χ4v) is 4.46. The number of hydrogen-bond donors (Lipinski definition) is 7. The molecule has 5 rings (SSSR count). The van der Waals surface area contributed by atoms with Crippen LogP contribution in [0, 0.1) is 5.92 Å². The van der Waals surface area contributed by atoms with E-state index in [2.05, 4.69) is 10.6 Å². The predicted molar refractivity (Wildman–Crippen MR) is 114 cm³/mol. The average Bonchev–Trinajstić information content (AvgIpc) is 2.75. The Kier molecular flexibility index (Phi) is 5.42. The smallest absolute Gasteiger partial charge is 0.278 e. The van der Waals surface area contributed by atoms with Gasteiger partial charge in [0.05, 0.1) is 13.2 Å². The first-order valence-corrected chi connectivity index (χ1v) is 10.4. The van der Waals surface area contributed by atoms with Gasteiger partial charge in [0.25, 0.3) is 17.5 Å². The van der Waals surface area contributed by atoms with Gasteiger partial charge in [-0.25, -0.2) is 0 Å². The summed E-state index contributed by atoms with van der Waals surface area (Å²) in [5.74, 6) is -2.74. The number of rotatable bonds is 5. The lowest BCUT2D eigenvalue weighted by Crippen LogP contribution is -2.84. The van der Waals surface area contributed by atoms with Crippen molar-refractivity contribution in [2.45, 2.75) is 36.5 Å². The molecule has 0 saturated carbocycles. The molecule has 2 amide bonds. The van der Waals surface area contributed by atoms with E-state index in [9.17, 15) is 30.0 Å². The van der Waals surface area contributed by atoms with Crippen LogP contribution in [0.2, 0.25) is 0 Å². The molecule has 0 spiro atoms. The first kappa shape index (κ1) is 22.5. The van der Waals surface area contributed by atoms with Crippen molar-refractivity contribution in [2.75, 3.05) is 36.9 Å². The summed E-state index contributed by atoms with van der Waals surface area (Å²) < 4.78 is 5.61. The Hall–Kier alpha value is -2.70. The minimum Gasteiger partial charge on any atom is -0.399 e. The van der Waals surface area contributed by atoms with Gasteiger partial charge in [-0.2, -0.15) is 0 Å². The number of ether oxygens (including phenoxy) is 1. The number of nitrogen functional groups attached to an aromatic ring is 1. The second-order valence-corrected chi connectivity index (χ2v) is 8.79. The number of carbonyl (C=O) groups excluding carboxylic acids is 2. The molecule has 3 saturated heterocycles. The summed E-state index contributed by atoms with van der Waals surface area (Å²) in [6, 6.07) is 5.44. The van der Waals surface area contributed by atoms with Crippen LogP contribution in [0.5, 0.6) is 0 Å². The van der Waals surface area contributed by atoms with Gasteiger partial charge in [0, 0.05) is 30.4 Å². The highest BCUT2D eigenvalue weighted by molar-refractivity contribution is 6.01. The van der Waals surface area contributed by atoms with Gasteiger partial charge < -0.3 is 46.4 Å². The molecule has 11 nitrogen and oxygen atoms in total. The van der Waals surface area contributed by atoms with Crippen LogP contribution in [0.25, 0.3) is 6.08 Å². The van der Waals surface area contributed by atoms with Crippen LogP contribution in [-0.2, 0) is 14.3 Å².